The Bertz CT molecular complexity index is 1250. The van der Waals surface area contributed by atoms with Crippen LogP contribution in [-0.2, 0) is 22.4 Å². The van der Waals surface area contributed by atoms with Crippen LogP contribution in [0.15, 0.2) is 24.3 Å². The number of Topliss-reactive ketones (excluding diaryl/α,β-unsaturated/α-hetero) is 2. The quantitative estimate of drug-likeness (QED) is 0.0913. The van der Waals surface area contributed by atoms with Crippen molar-refractivity contribution in [3.05, 3.63) is 46.5 Å². The zero-order valence-corrected chi connectivity index (χ0v) is 27.0. The average molecular weight is 611 g/mol. The number of phenols is 1. The molecule has 1 N–H and O–H groups in total. The molecular formula is C36H50O8. The molecule has 1 aliphatic rings. The van der Waals surface area contributed by atoms with Crippen LogP contribution in [0.5, 0.6) is 23.0 Å². The molecule has 2 aromatic rings. The average Bonchev–Trinajstić information content (AvgIpc) is 3.00. The van der Waals surface area contributed by atoms with E-state index < -0.39 is 6.10 Å². The molecule has 0 saturated heterocycles. The predicted octanol–water partition coefficient (Wildman–Crippen LogP) is 7.98. The van der Waals surface area contributed by atoms with Crippen molar-refractivity contribution in [2.75, 3.05) is 19.8 Å². The number of hydrogen-bond acceptors (Lipinski definition) is 8. The molecule has 0 spiro atoms. The molecule has 0 amide bonds. The number of aryl methyl sites for hydroxylation is 1. The van der Waals surface area contributed by atoms with Crippen molar-refractivity contribution >= 4 is 17.5 Å². The van der Waals surface area contributed by atoms with Crippen LogP contribution in [0.1, 0.15) is 130 Å². The number of esters is 1. The Morgan fingerprint density at radius 3 is 2.11 bits per heavy atom. The van der Waals surface area contributed by atoms with Gasteiger partial charge in [0.25, 0.3) is 0 Å². The first-order valence-electron chi connectivity index (χ1n) is 16.4. The van der Waals surface area contributed by atoms with E-state index in [-0.39, 0.29) is 23.3 Å². The van der Waals surface area contributed by atoms with E-state index in [9.17, 15) is 19.5 Å². The van der Waals surface area contributed by atoms with Crippen LogP contribution < -0.4 is 14.2 Å². The summed E-state index contributed by atoms with van der Waals surface area (Å²) in [5.41, 5.74) is 2.39. The summed E-state index contributed by atoms with van der Waals surface area (Å²) in [6.07, 6.45) is 11.1. The highest BCUT2D eigenvalue weighted by molar-refractivity contribution is 5.98. The molecule has 1 unspecified atom stereocenters. The van der Waals surface area contributed by atoms with Gasteiger partial charge < -0.3 is 24.1 Å². The van der Waals surface area contributed by atoms with Crippen molar-refractivity contribution in [1.82, 2.24) is 0 Å². The van der Waals surface area contributed by atoms with Crippen LogP contribution in [0.3, 0.4) is 0 Å². The van der Waals surface area contributed by atoms with Crippen LogP contribution in [0.4, 0.5) is 0 Å². The molecule has 0 aliphatic carbocycles. The maximum Gasteiger partial charge on any atom is 0.347 e. The maximum absolute atomic E-state index is 12.6. The fraction of sp³-hybridized carbons (Fsp3) is 0.583. The Hall–Kier alpha value is -3.55. The van der Waals surface area contributed by atoms with Gasteiger partial charge in [0.1, 0.15) is 23.0 Å². The van der Waals surface area contributed by atoms with E-state index in [1.807, 2.05) is 13.0 Å². The Balaban J connectivity index is 1.46. The lowest BCUT2D eigenvalue weighted by molar-refractivity contribution is -0.152. The summed E-state index contributed by atoms with van der Waals surface area (Å²) in [5.74, 6) is 1.04. The zero-order chi connectivity index (χ0) is 31.9. The standard InChI is InChI=1S/C36H50O8/c1-5-7-8-9-10-12-22-43-36(40)32-18-16-27-23-30(26(4)38)34(24-33(27)44-32)42-21-14-11-13-20-41-31-19-17-28(25(3)37)35(39)29(31)15-6-2/h17,19,23-24,32,39H,5-16,18,20-22H2,1-4H3. The van der Waals surface area contributed by atoms with Gasteiger partial charge in [0.15, 0.2) is 17.7 Å². The molecule has 242 valence electrons. The smallest absolute Gasteiger partial charge is 0.347 e. The molecule has 44 heavy (non-hydrogen) atoms. The van der Waals surface area contributed by atoms with Gasteiger partial charge in [-0.05, 0) is 82.6 Å². The number of carbonyl (C=O) groups excluding carboxylic acids is 3. The molecular weight excluding hydrogens is 560 g/mol. The number of aromatic hydroxyl groups is 1. The second-order valence-corrected chi connectivity index (χ2v) is 11.6. The lowest BCUT2D eigenvalue weighted by Gasteiger charge is -2.26. The van der Waals surface area contributed by atoms with Crippen LogP contribution in [0.2, 0.25) is 0 Å². The number of carbonyl (C=O) groups is 3. The fourth-order valence-electron chi connectivity index (χ4n) is 5.39. The Kier molecular flexibility index (Phi) is 14.5. The minimum Gasteiger partial charge on any atom is -0.507 e. The van der Waals surface area contributed by atoms with Crippen molar-refractivity contribution < 1.29 is 38.4 Å². The minimum atomic E-state index is -0.656. The third-order valence-electron chi connectivity index (χ3n) is 7.92. The molecule has 3 rings (SSSR count). The number of ketones is 2. The van der Waals surface area contributed by atoms with Gasteiger partial charge >= 0.3 is 5.97 Å². The molecule has 1 aliphatic heterocycles. The van der Waals surface area contributed by atoms with Crippen LogP contribution in [-0.4, -0.2) is 48.6 Å². The minimum absolute atomic E-state index is 0.0110. The van der Waals surface area contributed by atoms with Gasteiger partial charge in [-0.1, -0.05) is 52.4 Å². The van der Waals surface area contributed by atoms with Gasteiger partial charge in [-0.15, -0.1) is 0 Å². The second-order valence-electron chi connectivity index (χ2n) is 11.6. The van der Waals surface area contributed by atoms with Gasteiger partial charge in [-0.3, -0.25) is 9.59 Å². The van der Waals surface area contributed by atoms with Gasteiger partial charge in [0, 0.05) is 11.6 Å². The van der Waals surface area contributed by atoms with E-state index in [0.717, 1.165) is 50.5 Å². The summed E-state index contributed by atoms with van der Waals surface area (Å²) in [6.45, 7) is 8.46. The van der Waals surface area contributed by atoms with E-state index >= 15 is 0 Å². The topological polar surface area (TPSA) is 108 Å². The van der Waals surface area contributed by atoms with Crippen LogP contribution >= 0.6 is 0 Å². The van der Waals surface area contributed by atoms with Gasteiger partial charge in [0.2, 0.25) is 0 Å². The predicted molar refractivity (Wildman–Crippen MR) is 170 cm³/mol. The second kappa shape index (κ2) is 18.3. The van der Waals surface area contributed by atoms with Gasteiger partial charge in [-0.25, -0.2) is 4.79 Å². The molecule has 8 nitrogen and oxygen atoms in total. The summed E-state index contributed by atoms with van der Waals surface area (Å²) < 4.78 is 23.5. The molecule has 2 aromatic carbocycles. The lowest BCUT2D eigenvalue weighted by atomic mass is 9.98. The first-order valence-corrected chi connectivity index (χ1v) is 16.4. The van der Waals surface area contributed by atoms with E-state index in [1.54, 1.807) is 18.2 Å². The molecule has 1 heterocycles. The number of benzene rings is 2. The Morgan fingerprint density at radius 2 is 1.43 bits per heavy atom. The van der Waals surface area contributed by atoms with Crippen molar-refractivity contribution in [2.24, 2.45) is 0 Å². The third kappa shape index (κ3) is 10.3. The van der Waals surface area contributed by atoms with E-state index in [1.165, 1.54) is 33.1 Å². The van der Waals surface area contributed by atoms with Crippen LogP contribution in [0, 0.1) is 0 Å². The number of ether oxygens (including phenoxy) is 4. The molecule has 1 atom stereocenters. The van der Waals surface area contributed by atoms with E-state index in [2.05, 4.69) is 6.92 Å². The molecule has 0 aromatic heterocycles. The highest BCUT2D eigenvalue weighted by Gasteiger charge is 2.29. The summed E-state index contributed by atoms with van der Waals surface area (Å²) in [7, 11) is 0. The lowest BCUT2D eigenvalue weighted by Crippen LogP contribution is -2.33. The third-order valence-corrected chi connectivity index (χ3v) is 7.92. The summed E-state index contributed by atoms with van der Waals surface area (Å²) >= 11 is 0. The van der Waals surface area contributed by atoms with Gasteiger partial charge in [0.05, 0.1) is 30.9 Å². The SMILES string of the molecule is CCCCCCCCOC(=O)C1CCc2cc(C(C)=O)c(OCCCCCOc3ccc(C(C)=O)c(O)c3CCC)cc2O1. The molecule has 0 bridgehead atoms. The van der Waals surface area contributed by atoms with Crippen molar-refractivity contribution in [3.63, 3.8) is 0 Å². The first-order chi connectivity index (χ1) is 21.3. The molecule has 0 radical (unpaired) electrons. The zero-order valence-electron chi connectivity index (χ0n) is 27.0. The van der Waals surface area contributed by atoms with Crippen molar-refractivity contribution in [1.29, 1.82) is 0 Å². The number of phenolic OH excluding ortho intramolecular Hbond substituents is 1. The van der Waals surface area contributed by atoms with E-state index in [0.29, 0.717) is 73.0 Å². The highest BCUT2D eigenvalue weighted by Crippen LogP contribution is 2.36. The first kappa shape index (κ1) is 34.9. The Labute approximate surface area is 262 Å². The number of rotatable bonds is 20. The normalized spacial score (nSPS) is 14.0. The summed E-state index contributed by atoms with van der Waals surface area (Å²) in [6, 6.07) is 6.91. The Morgan fingerprint density at radius 1 is 0.795 bits per heavy atom. The monoisotopic (exact) mass is 610 g/mol. The maximum atomic E-state index is 12.6. The number of unbranched alkanes of at least 4 members (excludes halogenated alkanes) is 7. The van der Waals surface area contributed by atoms with E-state index in [4.69, 9.17) is 18.9 Å². The summed E-state index contributed by atoms with van der Waals surface area (Å²) in [5, 5.41) is 10.5. The van der Waals surface area contributed by atoms with Gasteiger partial charge in [-0.2, -0.15) is 0 Å². The molecule has 8 heteroatoms. The number of fused-ring (bicyclic) bond motifs is 1. The summed E-state index contributed by atoms with van der Waals surface area (Å²) in [4.78, 5) is 36.8. The number of hydrogen-bond donors (Lipinski definition) is 1. The fourth-order valence-corrected chi connectivity index (χ4v) is 5.39. The van der Waals surface area contributed by atoms with Crippen molar-refractivity contribution in [2.45, 2.75) is 117 Å². The largest absolute Gasteiger partial charge is 0.507 e. The van der Waals surface area contributed by atoms with Crippen molar-refractivity contribution in [3.8, 4) is 23.0 Å². The highest BCUT2D eigenvalue weighted by atomic mass is 16.6. The molecule has 0 fully saturated rings. The van der Waals surface area contributed by atoms with Crippen LogP contribution in [0.25, 0.3) is 0 Å². The molecule has 0 saturated carbocycles.